The second-order valence-corrected chi connectivity index (χ2v) is 3.44. The Balaban J connectivity index is 2.81. The number of aryl methyl sites for hydroxylation is 1. The molecule has 1 heterocycles. The van der Waals surface area contributed by atoms with Gasteiger partial charge in [-0.25, -0.2) is 14.4 Å². The summed E-state index contributed by atoms with van der Waals surface area (Å²) in [6, 6.07) is 0. The van der Waals surface area contributed by atoms with E-state index in [1.807, 2.05) is 0 Å². The van der Waals surface area contributed by atoms with E-state index in [9.17, 15) is 9.18 Å². The molecule has 0 fully saturated rings. The first-order chi connectivity index (χ1) is 6.65. The number of nitrogens with zero attached hydrogens (tertiary/aromatic N) is 2. The van der Waals surface area contributed by atoms with Gasteiger partial charge in [-0.1, -0.05) is 18.7 Å². The Morgan fingerprint density at radius 2 is 2.36 bits per heavy atom. The standard InChI is InChI=1S/C8H9FN2O2S/c1-2-5-7(9)8(11-4-10-5)14-3-6(12)13/h4H,2-3H2,1H3,(H,12,13). The maximum Gasteiger partial charge on any atom is 0.313 e. The van der Waals surface area contributed by atoms with E-state index < -0.39 is 11.8 Å². The summed E-state index contributed by atoms with van der Waals surface area (Å²) in [6.45, 7) is 1.77. The summed E-state index contributed by atoms with van der Waals surface area (Å²) in [5, 5.41) is 8.50. The molecule has 1 aromatic rings. The number of thioether (sulfide) groups is 1. The SMILES string of the molecule is CCc1ncnc(SCC(=O)O)c1F. The number of hydrogen-bond donors (Lipinski definition) is 1. The Hall–Kier alpha value is -1.17. The number of aliphatic carboxylic acids is 1. The van der Waals surface area contributed by atoms with Crippen molar-refractivity contribution in [2.45, 2.75) is 18.4 Å². The minimum absolute atomic E-state index is 0.0965. The molecule has 0 aromatic carbocycles. The molecule has 0 atom stereocenters. The first kappa shape index (κ1) is 10.9. The third-order valence-corrected chi connectivity index (χ3v) is 2.45. The fraction of sp³-hybridized carbons (Fsp3) is 0.375. The number of rotatable bonds is 4. The van der Waals surface area contributed by atoms with Gasteiger partial charge in [-0.15, -0.1) is 0 Å². The van der Waals surface area contributed by atoms with Crippen molar-refractivity contribution in [1.29, 1.82) is 0 Å². The molecule has 0 bridgehead atoms. The van der Waals surface area contributed by atoms with Gasteiger partial charge in [0, 0.05) is 0 Å². The largest absolute Gasteiger partial charge is 0.481 e. The topological polar surface area (TPSA) is 63.1 Å². The molecule has 1 N–H and O–H groups in total. The quantitative estimate of drug-likeness (QED) is 0.608. The van der Waals surface area contributed by atoms with Crippen molar-refractivity contribution < 1.29 is 14.3 Å². The van der Waals surface area contributed by atoms with Crippen molar-refractivity contribution in [3.63, 3.8) is 0 Å². The smallest absolute Gasteiger partial charge is 0.313 e. The predicted octanol–water partition coefficient (Wildman–Crippen LogP) is 1.35. The number of carboxylic acids is 1. The predicted molar refractivity (Wildman–Crippen MR) is 49.7 cm³/mol. The molecule has 0 aliphatic carbocycles. The molecule has 14 heavy (non-hydrogen) atoms. The number of carboxylic acid groups (broad SMARTS) is 1. The summed E-state index contributed by atoms with van der Waals surface area (Å²) in [5.41, 5.74) is 0.313. The van der Waals surface area contributed by atoms with Crippen molar-refractivity contribution in [1.82, 2.24) is 9.97 Å². The van der Waals surface area contributed by atoms with Crippen LogP contribution in [0.15, 0.2) is 11.4 Å². The van der Waals surface area contributed by atoms with Crippen LogP contribution in [0.5, 0.6) is 0 Å². The lowest BCUT2D eigenvalue weighted by Crippen LogP contribution is -2.02. The lowest BCUT2D eigenvalue weighted by molar-refractivity contribution is -0.133. The lowest BCUT2D eigenvalue weighted by atomic mass is 10.3. The summed E-state index contributed by atoms with van der Waals surface area (Å²) in [5.74, 6) is -1.70. The summed E-state index contributed by atoms with van der Waals surface area (Å²) in [6.07, 6.45) is 1.71. The molecule has 1 aromatic heterocycles. The van der Waals surface area contributed by atoms with Gasteiger partial charge in [-0.2, -0.15) is 0 Å². The first-order valence-electron chi connectivity index (χ1n) is 3.99. The molecule has 76 valence electrons. The van der Waals surface area contributed by atoms with E-state index >= 15 is 0 Å². The van der Waals surface area contributed by atoms with Crippen LogP contribution in [0.1, 0.15) is 12.6 Å². The molecule has 1 rings (SSSR count). The highest BCUT2D eigenvalue weighted by Crippen LogP contribution is 2.20. The zero-order valence-corrected chi connectivity index (χ0v) is 8.34. The molecule has 0 saturated heterocycles. The van der Waals surface area contributed by atoms with Gasteiger partial charge in [0.25, 0.3) is 0 Å². The minimum Gasteiger partial charge on any atom is -0.481 e. The van der Waals surface area contributed by atoms with Crippen molar-refractivity contribution in [3.05, 3.63) is 17.8 Å². The third kappa shape index (κ3) is 2.66. The summed E-state index contributed by atoms with van der Waals surface area (Å²) in [4.78, 5) is 17.7. The van der Waals surface area contributed by atoms with Gasteiger partial charge in [0.05, 0.1) is 11.4 Å². The molecule has 4 nitrogen and oxygen atoms in total. The van der Waals surface area contributed by atoms with E-state index in [4.69, 9.17) is 5.11 Å². The van der Waals surface area contributed by atoms with Crippen LogP contribution in [0.4, 0.5) is 4.39 Å². The van der Waals surface area contributed by atoms with Crippen LogP contribution >= 0.6 is 11.8 Å². The van der Waals surface area contributed by atoms with E-state index in [1.54, 1.807) is 6.92 Å². The molecule has 0 saturated carbocycles. The molecule has 0 aliphatic heterocycles. The van der Waals surface area contributed by atoms with Crippen LogP contribution in [-0.2, 0) is 11.2 Å². The second-order valence-electron chi connectivity index (χ2n) is 2.48. The van der Waals surface area contributed by atoms with Crippen LogP contribution in [0.25, 0.3) is 0 Å². The van der Waals surface area contributed by atoms with E-state index in [0.717, 1.165) is 11.8 Å². The van der Waals surface area contributed by atoms with E-state index in [0.29, 0.717) is 12.1 Å². The van der Waals surface area contributed by atoms with Crippen LogP contribution in [0, 0.1) is 5.82 Å². The molecular weight excluding hydrogens is 207 g/mol. The van der Waals surface area contributed by atoms with Gasteiger partial charge in [-0.3, -0.25) is 4.79 Å². The Kier molecular flexibility index (Phi) is 3.82. The molecule has 0 unspecified atom stereocenters. The highest BCUT2D eigenvalue weighted by Gasteiger charge is 2.11. The van der Waals surface area contributed by atoms with Gasteiger partial charge < -0.3 is 5.11 Å². The zero-order chi connectivity index (χ0) is 10.6. The number of aromatic nitrogens is 2. The molecule has 0 radical (unpaired) electrons. The van der Waals surface area contributed by atoms with Gasteiger partial charge >= 0.3 is 5.97 Å². The van der Waals surface area contributed by atoms with Crippen molar-refractivity contribution in [2.24, 2.45) is 0 Å². The normalized spacial score (nSPS) is 10.1. The molecule has 6 heteroatoms. The van der Waals surface area contributed by atoms with E-state index in [-0.39, 0.29) is 10.8 Å². The molecule has 0 aliphatic rings. The van der Waals surface area contributed by atoms with Gasteiger partial charge in [0.15, 0.2) is 5.82 Å². The highest BCUT2D eigenvalue weighted by atomic mass is 32.2. The lowest BCUT2D eigenvalue weighted by Gasteiger charge is -2.02. The number of carbonyl (C=O) groups is 1. The summed E-state index contributed by atoms with van der Waals surface area (Å²) >= 11 is 0.859. The maximum absolute atomic E-state index is 13.4. The van der Waals surface area contributed by atoms with Crippen LogP contribution < -0.4 is 0 Å². The van der Waals surface area contributed by atoms with Crippen molar-refractivity contribution in [2.75, 3.05) is 5.75 Å². The monoisotopic (exact) mass is 216 g/mol. The highest BCUT2D eigenvalue weighted by molar-refractivity contribution is 7.99. The average Bonchev–Trinajstić information content (AvgIpc) is 2.16. The number of hydrogen-bond acceptors (Lipinski definition) is 4. The Morgan fingerprint density at radius 1 is 1.64 bits per heavy atom. The van der Waals surface area contributed by atoms with E-state index in [1.165, 1.54) is 6.33 Å². The fourth-order valence-electron chi connectivity index (χ4n) is 0.865. The minimum atomic E-state index is -0.994. The Labute approximate surface area is 84.6 Å². The fourth-order valence-corrected chi connectivity index (χ4v) is 1.49. The Morgan fingerprint density at radius 3 is 2.93 bits per heavy atom. The number of halogens is 1. The molecular formula is C8H9FN2O2S. The summed E-state index contributed by atoms with van der Waals surface area (Å²) in [7, 11) is 0. The van der Waals surface area contributed by atoms with E-state index in [2.05, 4.69) is 9.97 Å². The average molecular weight is 216 g/mol. The van der Waals surface area contributed by atoms with Gasteiger partial charge in [0.2, 0.25) is 0 Å². The van der Waals surface area contributed by atoms with Crippen LogP contribution in [-0.4, -0.2) is 26.8 Å². The zero-order valence-electron chi connectivity index (χ0n) is 7.53. The van der Waals surface area contributed by atoms with Crippen molar-refractivity contribution in [3.8, 4) is 0 Å². The second kappa shape index (κ2) is 4.90. The molecule has 0 spiro atoms. The van der Waals surface area contributed by atoms with Crippen molar-refractivity contribution >= 4 is 17.7 Å². The first-order valence-corrected chi connectivity index (χ1v) is 4.97. The molecule has 0 amide bonds. The summed E-state index contributed by atoms with van der Waals surface area (Å²) < 4.78 is 13.4. The van der Waals surface area contributed by atoms with Gasteiger partial charge in [-0.05, 0) is 6.42 Å². The maximum atomic E-state index is 13.4. The van der Waals surface area contributed by atoms with Crippen LogP contribution in [0.3, 0.4) is 0 Å². The third-order valence-electron chi connectivity index (χ3n) is 1.50. The Bertz CT molecular complexity index is 346. The van der Waals surface area contributed by atoms with Crippen LogP contribution in [0.2, 0.25) is 0 Å². The van der Waals surface area contributed by atoms with Gasteiger partial charge in [0.1, 0.15) is 11.4 Å².